The number of benzene rings is 1. The Morgan fingerprint density at radius 3 is 3.09 bits per heavy atom. The van der Waals surface area contributed by atoms with Crippen molar-refractivity contribution in [2.75, 3.05) is 18.5 Å². The Bertz CT molecular complexity index is 702. The highest BCUT2D eigenvalue weighted by molar-refractivity contribution is 7.10. The minimum atomic E-state index is -0.0971. The fourth-order valence-electron chi connectivity index (χ4n) is 2.53. The second-order valence-electron chi connectivity index (χ2n) is 5.46. The lowest BCUT2D eigenvalue weighted by Crippen LogP contribution is -2.38. The first-order chi connectivity index (χ1) is 11.2. The molecule has 1 aliphatic heterocycles. The van der Waals surface area contributed by atoms with Gasteiger partial charge in [0.2, 0.25) is 0 Å². The van der Waals surface area contributed by atoms with Crippen LogP contribution in [0.25, 0.3) is 0 Å². The minimum absolute atomic E-state index is 0.0971. The smallest absolute Gasteiger partial charge is 0.322 e. The van der Waals surface area contributed by atoms with Gasteiger partial charge in [0.05, 0.1) is 11.6 Å². The van der Waals surface area contributed by atoms with Gasteiger partial charge in [0.25, 0.3) is 0 Å². The summed E-state index contributed by atoms with van der Waals surface area (Å²) in [5.74, 6) is 0.646. The summed E-state index contributed by atoms with van der Waals surface area (Å²) in [5, 5.41) is 5.50. The normalized spacial score (nSPS) is 13.6. The number of nitrogens with one attached hydrogen (secondary N) is 1. The molecule has 0 saturated carbocycles. The lowest BCUT2D eigenvalue weighted by Gasteiger charge is -2.27. The molecule has 0 radical (unpaired) electrons. The van der Waals surface area contributed by atoms with E-state index in [4.69, 9.17) is 16.3 Å². The number of thiophene rings is 1. The molecule has 0 atom stereocenters. The average molecular weight is 351 g/mol. The Hall–Kier alpha value is -1.72. The van der Waals surface area contributed by atoms with Gasteiger partial charge in [0.15, 0.2) is 0 Å². The van der Waals surface area contributed by atoms with E-state index in [0.29, 0.717) is 29.6 Å². The highest BCUT2D eigenvalue weighted by Gasteiger charge is 2.21. The second kappa shape index (κ2) is 7.23. The Morgan fingerprint density at radius 2 is 2.30 bits per heavy atom. The zero-order valence-corrected chi connectivity index (χ0v) is 14.5. The van der Waals surface area contributed by atoms with Gasteiger partial charge in [-0.05, 0) is 48.1 Å². The van der Waals surface area contributed by atoms with Crippen LogP contribution in [0.1, 0.15) is 23.8 Å². The molecule has 0 aliphatic carbocycles. The largest absolute Gasteiger partial charge is 0.492 e. The molecule has 0 saturated heterocycles. The number of rotatable bonds is 4. The Labute approximate surface area is 145 Å². The summed E-state index contributed by atoms with van der Waals surface area (Å²) in [5.41, 5.74) is 1.93. The van der Waals surface area contributed by atoms with Crippen LogP contribution < -0.4 is 10.1 Å². The highest BCUT2D eigenvalue weighted by atomic mass is 35.5. The zero-order valence-electron chi connectivity index (χ0n) is 13.0. The fraction of sp³-hybridized carbons (Fsp3) is 0.353. The van der Waals surface area contributed by atoms with Crippen LogP contribution in [-0.2, 0) is 13.0 Å². The summed E-state index contributed by atoms with van der Waals surface area (Å²) in [6, 6.07) is 7.33. The van der Waals surface area contributed by atoms with Crippen molar-refractivity contribution in [3.05, 3.63) is 45.1 Å². The van der Waals surface area contributed by atoms with Crippen molar-refractivity contribution < 1.29 is 9.53 Å². The molecule has 122 valence electrons. The maximum Gasteiger partial charge on any atom is 0.322 e. The van der Waals surface area contributed by atoms with Crippen molar-refractivity contribution in [1.29, 1.82) is 0 Å². The second-order valence-corrected chi connectivity index (χ2v) is 6.87. The summed E-state index contributed by atoms with van der Waals surface area (Å²) in [6.45, 7) is 4.07. The van der Waals surface area contributed by atoms with E-state index in [2.05, 4.69) is 16.8 Å². The number of nitrogens with zero attached hydrogens (tertiary/aromatic N) is 1. The van der Waals surface area contributed by atoms with Gasteiger partial charge in [-0.25, -0.2) is 4.79 Å². The molecule has 23 heavy (non-hydrogen) atoms. The number of anilines is 1. The number of fused-ring (bicyclic) bond motifs is 1. The molecule has 1 aliphatic rings. The van der Waals surface area contributed by atoms with Gasteiger partial charge in [-0.15, -0.1) is 11.3 Å². The van der Waals surface area contributed by atoms with Crippen LogP contribution in [0.15, 0.2) is 29.6 Å². The number of ether oxygens (including phenoxy) is 1. The van der Waals surface area contributed by atoms with Crippen molar-refractivity contribution in [3.63, 3.8) is 0 Å². The van der Waals surface area contributed by atoms with E-state index >= 15 is 0 Å². The predicted molar refractivity (Wildman–Crippen MR) is 94.7 cm³/mol. The van der Waals surface area contributed by atoms with Gasteiger partial charge in [-0.2, -0.15) is 0 Å². The number of urea groups is 1. The molecule has 1 aromatic heterocycles. The predicted octanol–water partition coefficient (Wildman–Crippen LogP) is 4.78. The third-order valence-electron chi connectivity index (χ3n) is 3.74. The van der Waals surface area contributed by atoms with Crippen molar-refractivity contribution in [2.45, 2.75) is 26.3 Å². The number of halogens is 1. The first-order valence-electron chi connectivity index (χ1n) is 7.71. The topological polar surface area (TPSA) is 41.6 Å². The van der Waals surface area contributed by atoms with Crippen LogP contribution in [0.5, 0.6) is 5.75 Å². The third kappa shape index (κ3) is 3.79. The summed E-state index contributed by atoms with van der Waals surface area (Å²) < 4.78 is 5.54. The first-order valence-corrected chi connectivity index (χ1v) is 8.96. The van der Waals surface area contributed by atoms with Crippen LogP contribution >= 0.6 is 22.9 Å². The van der Waals surface area contributed by atoms with E-state index in [1.54, 1.807) is 23.5 Å². The Balaban J connectivity index is 1.63. The van der Waals surface area contributed by atoms with Crippen molar-refractivity contribution in [3.8, 4) is 5.75 Å². The Morgan fingerprint density at radius 1 is 1.43 bits per heavy atom. The lowest BCUT2D eigenvalue weighted by atomic mass is 10.1. The van der Waals surface area contributed by atoms with E-state index in [1.165, 1.54) is 10.4 Å². The summed E-state index contributed by atoms with van der Waals surface area (Å²) >= 11 is 7.96. The van der Waals surface area contributed by atoms with Gasteiger partial charge in [0.1, 0.15) is 5.75 Å². The number of hydrogen-bond acceptors (Lipinski definition) is 3. The number of carbonyl (C=O) groups excluding carboxylic acids is 1. The van der Waals surface area contributed by atoms with E-state index in [0.717, 1.165) is 19.4 Å². The third-order valence-corrected chi connectivity index (χ3v) is 5.06. The molecule has 0 fully saturated rings. The van der Waals surface area contributed by atoms with E-state index in [1.807, 2.05) is 17.9 Å². The van der Waals surface area contributed by atoms with Crippen molar-refractivity contribution in [1.82, 2.24) is 4.90 Å². The van der Waals surface area contributed by atoms with Crippen LogP contribution in [0.2, 0.25) is 5.02 Å². The maximum absolute atomic E-state index is 12.4. The van der Waals surface area contributed by atoms with Gasteiger partial charge < -0.3 is 15.0 Å². The molecule has 2 amide bonds. The molecule has 6 heteroatoms. The van der Waals surface area contributed by atoms with E-state index in [-0.39, 0.29) is 6.03 Å². The van der Waals surface area contributed by atoms with Crippen LogP contribution in [0, 0.1) is 0 Å². The SMILES string of the molecule is CCCOc1ccc(NC(=O)N2CCc3sccc3C2)cc1Cl. The van der Waals surface area contributed by atoms with Gasteiger partial charge in [0, 0.05) is 23.7 Å². The minimum Gasteiger partial charge on any atom is -0.492 e. The maximum atomic E-state index is 12.4. The van der Waals surface area contributed by atoms with Gasteiger partial charge >= 0.3 is 6.03 Å². The number of amides is 2. The molecular formula is C17H19ClN2O2S. The van der Waals surface area contributed by atoms with E-state index in [9.17, 15) is 4.79 Å². The van der Waals surface area contributed by atoms with Crippen LogP contribution in [-0.4, -0.2) is 24.1 Å². The molecule has 0 spiro atoms. The monoisotopic (exact) mass is 350 g/mol. The molecule has 1 N–H and O–H groups in total. The molecule has 4 nitrogen and oxygen atoms in total. The van der Waals surface area contributed by atoms with E-state index < -0.39 is 0 Å². The molecule has 2 aromatic rings. The fourth-order valence-corrected chi connectivity index (χ4v) is 3.66. The van der Waals surface area contributed by atoms with Crippen molar-refractivity contribution >= 4 is 34.7 Å². The highest BCUT2D eigenvalue weighted by Crippen LogP contribution is 2.29. The lowest BCUT2D eigenvalue weighted by molar-refractivity contribution is 0.207. The zero-order chi connectivity index (χ0) is 16.2. The quantitative estimate of drug-likeness (QED) is 0.862. The standard InChI is InChI=1S/C17H19ClN2O2S/c1-2-8-22-15-4-3-13(10-14(15)18)19-17(21)20-7-5-16-12(11-20)6-9-23-16/h3-4,6,9-10H,2,5,7-8,11H2,1H3,(H,19,21). The summed E-state index contributed by atoms with van der Waals surface area (Å²) in [7, 11) is 0. The van der Waals surface area contributed by atoms with Crippen LogP contribution in [0.4, 0.5) is 10.5 Å². The van der Waals surface area contributed by atoms with Gasteiger partial charge in [-0.3, -0.25) is 0 Å². The molecular weight excluding hydrogens is 332 g/mol. The Kier molecular flexibility index (Phi) is 5.08. The van der Waals surface area contributed by atoms with Gasteiger partial charge in [-0.1, -0.05) is 18.5 Å². The summed E-state index contributed by atoms with van der Waals surface area (Å²) in [4.78, 5) is 15.6. The number of carbonyl (C=O) groups is 1. The molecule has 3 rings (SSSR count). The molecule has 2 heterocycles. The van der Waals surface area contributed by atoms with Crippen LogP contribution in [0.3, 0.4) is 0 Å². The summed E-state index contributed by atoms with van der Waals surface area (Å²) in [6.07, 6.45) is 1.85. The molecule has 0 unspecified atom stereocenters. The first kappa shape index (κ1) is 16.1. The molecule has 1 aromatic carbocycles. The molecule has 0 bridgehead atoms. The average Bonchev–Trinajstić information content (AvgIpc) is 3.01. The number of hydrogen-bond donors (Lipinski definition) is 1. The van der Waals surface area contributed by atoms with Crippen molar-refractivity contribution in [2.24, 2.45) is 0 Å².